The van der Waals surface area contributed by atoms with Crippen molar-refractivity contribution in [3.63, 3.8) is 0 Å². The summed E-state index contributed by atoms with van der Waals surface area (Å²) in [5, 5.41) is 0. The van der Waals surface area contributed by atoms with Gasteiger partial charge in [0.15, 0.2) is 0 Å². The Hall–Kier alpha value is -1.54. The fourth-order valence-electron chi connectivity index (χ4n) is 4.21. The van der Waals surface area contributed by atoms with E-state index >= 15 is 0 Å². The van der Waals surface area contributed by atoms with Crippen LogP contribution < -0.4 is 9.64 Å². The molecule has 3 rings (SSSR count). The zero-order valence-electron chi connectivity index (χ0n) is 18.1. The minimum atomic E-state index is -2.58. The van der Waals surface area contributed by atoms with Gasteiger partial charge in [0.1, 0.15) is 12.4 Å². The average Bonchev–Trinajstić information content (AvgIpc) is 2.66. The van der Waals surface area contributed by atoms with E-state index in [4.69, 9.17) is 9.72 Å². The highest BCUT2D eigenvalue weighted by Gasteiger charge is 2.34. The summed E-state index contributed by atoms with van der Waals surface area (Å²) in [5.41, 5.74) is 2.26. The summed E-state index contributed by atoms with van der Waals surface area (Å²) < 4.78 is 33.1. The number of anilines is 1. The molecule has 2 aliphatic rings. The van der Waals surface area contributed by atoms with E-state index in [-0.39, 0.29) is 13.0 Å². The maximum atomic E-state index is 13.6. The van der Waals surface area contributed by atoms with E-state index in [9.17, 15) is 8.78 Å². The SMILES string of the molecule is CCCN(CCC)c1nc(OCCN2CCCC(F)(F)C2)nc2c1CCN(C)C2. The number of hydrogen-bond donors (Lipinski definition) is 0. The van der Waals surface area contributed by atoms with Crippen LogP contribution >= 0.6 is 0 Å². The first-order valence-electron chi connectivity index (χ1n) is 11.0. The van der Waals surface area contributed by atoms with Gasteiger partial charge >= 0.3 is 6.01 Å². The topological polar surface area (TPSA) is 44.7 Å². The van der Waals surface area contributed by atoms with Crippen LogP contribution in [0.3, 0.4) is 0 Å². The summed E-state index contributed by atoms with van der Waals surface area (Å²) >= 11 is 0. The second-order valence-corrected chi connectivity index (χ2v) is 8.31. The molecule has 0 N–H and O–H groups in total. The van der Waals surface area contributed by atoms with Gasteiger partial charge in [-0.3, -0.25) is 4.90 Å². The molecule has 2 aliphatic heterocycles. The van der Waals surface area contributed by atoms with Crippen LogP contribution in [-0.2, 0) is 13.0 Å². The van der Waals surface area contributed by atoms with Gasteiger partial charge in [-0.25, -0.2) is 8.78 Å². The molecule has 0 amide bonds. The first kappa shape index (κ1) is 22.2. The average molecular weight is 412 g/mol. The summed E-state index contributed by atoms with van der Waals surface area (Å²) in [6.07, 6.45) is 3.56. The number of rotatable bonds is 9. The zero-order valence-corrected chi connectivity index (χ0v) is 18.1. The maximum absolute atomic E-state index is 13.6. The standard InChI is InChI=1S/C21H35F2N5O/c1-4-9-28(10-5-2)19-17-7-12-26(3)15-18(17)24-20(25-19)29-14-13-27-11-6-8-21(22,23)16-27/h4-16H2,1-3H3. The molecule has 3 heterocycles. The molecule has 1 saturated heterocycles. The van der Waals surface area contributed by atoms with Crippen molar-refractivity contribution in [2.45, 2.75) is 58.4 Å². The number of piperidine rings is 1. The summed E-state index contributed by atoms with van der Waals surface area (Å²) in [4.78, 5) is 15.8. The van der Waals surface area contributed by atoms with Gasteiger partial charge < -0.3 is 14.5 Å². The Morgan fingerprint density at radius 3 is 2.59 bits per heavy atom. The van der Waals surface area contributed by atoms with E-state index in [2.05, 4.69) is 35.7 Å². The smallest absolute Gasteiger partial charge is 0.318 e. The minimum absolute atomic E-state index is 0.0140. The molecule has 29 heavy (non-hydrogen) atoms. The maximum Gasteiger partial charge on any atom is 0.318 e. The molecule has 0 radical (unpaired) electrons. The number of halogens is 2. The van der Waals surface area contributed by atoms with E-state index in [0.717, 1.165) is 57.0 Å². The van der Waals surface area contributed by atoms with Crippen LogP contribution in [0.25, 0.3) is 0 Å². The number of alkyl halides is 2. The molecule has 6 nitrogen and oxygen atoms in total. The third-order valence-electron chi connectivity index (χ3n) is 5.61. The molecule has 0 unspecified atom stereocenters. The second-order valence-electron chi connectivity index (χ2n) is 8.31. The summed E-state index contributed by atoms with van der Waals surface area (Å²) in [6.45, 7) is 9.35. The lowest BCUT2D eigenvalue weighted by Gasteiger charge is -2.32. The van der Waals surface area contributed by atoms with E-state index in [1.807, 2.05) is 0 Å². The van der Waals surface area contributed by atoms with Gasteiger partial charge in [0.2, 0.25) is 0 Å². The zero-order chi connectivity index (χ0) is 20.9. The highest BCUT2D eigenvalue weighted by molar-refractivity contribution is 5.51. The van der Waals surface area contributed by atoms with Crippen LogP contribution in [0.5, 0.6) is 6.01 Å². The predicted octanol–water partition coefficient (Wildman–Crippen LogP) is 3.20. The number of hydrogen-bond acceptors (Lipinski definition) is 6. The molecule has 0 aromatic carbocycles. The first-order valence-corrected chi connectivity index (χ1v) is 11.0. The van der Waals surface area contributed by atoms with Crippen LogP contribution in [0.2, 0.25) is 0 Å². The van der Waals surface area contributed by atoms with Crippen LogP contribution in [-0.4, -0.2) is 78.6 Å². The van der Waals surface area contributed by atoms with Crippen molar-refractivity contribution >= 4 is 5.82 Å². The van der Waals surface area contributed by atoms with Crippen molar-refractivity contribution in [3.05, 3.63) is 11.3 Å². The number of likely N-dealkylation sites (N-methyl/N-ethyl adjacent to an activating group) is 1. The number of fused-ring (bicyclic) bond motifs is 1. The van der Waals surface area contributed by atoms with E-state index < -0.39 is 5.92 Å². The Morgan fingerprint density at radius 1 is 1.14 bits per heavy atom. The predicted molar refractivity (Wildman–Crippen MR) is 111 cm³/mol. The molecule has 0 saturated carbocycles. The fraction of sp³-hybridized carbons (Fsp3) is 0.810. The summed E-state index contributed by atoms with van der Waals surface area (Å²) in [5.74, 6) is -1.59. The highest BCUT2D eigenvalue weighted by atomic mass is 19.3. The molecule has 8 heteroatoms. The van der Waals surface area contributed by atoms with Crippen molar-refractivity contribution in [2.24, 2.45) is 0 Å². The molecule has 0 aliphatic carbocycles. The number of aromatic nitrogens is 2. The van der Waals surface area contributed by atoms with E-state index in [1.54, 1.807) is 4.90 Å². The van der Waals surface area contributed by atoms with Crippen molar-refractivity contribution in [1.82, 2.24) is 19.8 Å². The Labute approximate surface area is 173 Å². The lowest BCUT2D eigenvalue weighted by molar-refractivity contribution is -0.0657. The van der Waals surface area contributed by atoms with Crippen molar-refractivity contribution in [2.75, 3.05) is 57.8 Å². The van der Waals surface area contributed by atoms with Gasteiger partial charge in [-0.1, -0.05) is 13.8 Å². The van der Waals surface area contributed by atoms with Crippen LogP contribution in [0.4, 0.5) is 14.6 Å². The molecule has 1 aromatic rings. The number of nitrogens with zero attached hydrogens (tertiary/aromatic N) is 5. The Bertz CT molecular complexity index is 667. The van der Waals surface area contributed by atoms with Crippen molar-refractivity contribution < 1.29 is 13.5 Å². The van der Waals surface area contributed by atoms with Gasteiger partial charge in [-0.2, -0.15) is 9.97 Å². The monoisotopic (exact) mass is 411 g/mol. The molecule has 0 spiro atoms. The Morgan fingerprint density at radius 2 is 1.90 bits per heavy atom. The molecule has 0 bridgehead atoms. The van der Waals surface area contributed by atoms with Crippen LogP contribution in [0.15, 0.2) is 0 Å². The van der Waals surface area contributed by atoms with Gasteiger partial charge in [0.25, 0.3) is 5.92 Å². The molecular weight excluding hydrogens is 376 g/mol. The molecule has 1 aromatic heterocycles. The molecule has 1 fully saturated rings. The number of ether oxygens (including phenoxy) is 1. The Kier molecular flexibility index (Phi) is 7.62. The lowest BCUT2D eigenvalue weighted by Crippen LogP contribution is -2.44. The molecule has 164 valence electrons. The van der Waals surface area contributed by atoms with Gasteiger partial charge in [-0.15, -0.1) is 0 Å². The third kappa shape index (κ3) is 5.98. The van der Waals surface area contributed by atoms with Crippen LogP contribution in [0, 0.1) is 0 Å². The summed E-state index contributed by atoms with van der Waals surface area (Å²) in [6, 6.07) is 0.370. The molecular formula is C21H35F2N5O. The second kappa shape index (κ2) is 9.98. The van der Waals surface area contributed by atoms with E-state index in [1.165, 1.54) is 5.56 Å². The normalized spacial score (nSPS) is 19.8. The minimum Gasteiger partial charge on any atom is -0.462 e. The van der Waals surface area contributed by atoms with Gasteiger partial charge in [0.05, 0.1) is 12.2 Å². The van der Waals surface area contributed by atoms with E-state index in [0.29, 0.717) is 32.1 Å². The molecule has 0 atom stereocenters. The summed E-state index contributed by atoms with van der Waals surface area (Å²) in [7, 11) is 2.09. The fourth-order valence-corrected chi connectivity index (χ4v) is 4.21. The number of likely N-dealkylation sites (tertiary alicyclic amines) is 1. The van der Waals surface area contributed by atoms with Crippen LogP contribution in [0.1, 0.15) is 50.8 Å². The third-order valence-corrected chi connectivity index (χ3v) is 5.61. The first-order chi connectivity index (χ1) is 13.9. The largest absolute Gasteiger partial charge is 0.462 e. The van der Waals surface area contributed by atoms with Crippen molar-refractivity contribution in [1.29, 1.82) is 0 Å². The highest BCUT2D eigenvalue weighted by Crippen LogP contribution is 2.29. The lowest BCUT2D eigenvalue weighted by atomic mass is 10.1. The van der Waals surface area contributed by atoms with Crippen molar-refractivity contribution in [3.8, 4) is 6.01 Å². The van der Waals surface area contributed by atoms with Gasteiger partial charge in [0, 0.05) is 44.7 Å². The Balaban J connectivity index is 1.72. The quantitative estimate of drug-likeness (QED) is 0.622. The van der Waals surface area contributed by atoms with Gasteiger partial charge in [-0.05, 0) is 39.3 Å².